The highest BCUT2D eigenvalue weighted by Crippen LogP contribution is 2.30. The van der Waals surface area contributed by atoms with Crippen LogP contribution < -0.4 is 0 Å². The molecule has 0 saturated carbocycles. The summed E-state index contributed by atoms with van der Waals surface area (Å²) in [5.41, 5.74) is 0. The zero-order valence-corrected chi connectivity index (χ0v) is 17.8. The van der Waals surface area contributed by atoms with Gasteiger partial charge in [-0.15, -0.1) is 0 Å². The fourth-order valence-corrected chi connectivity index (χ4v) is 3.77. The molecular formula is C18H30O15. The molecule has 0 radical (unpaired) electrons. The fraction of sp³-hybridized carbons (Fsp3) is 0.944. The Bertz CT molecular complexity index is 650. The highest BCUT2D eigenvalue weighted by atomic mass is 16.8. The molecule has 0 spiro atoms. The van der Waals surface area contributed by atoms with Crippen LogP contribution in [0.1, 0.15) is 0 Å². The molecule has 0 aliphatic carbocycles. The second-order valence-electron chi connectivity index (χ2n) is 7.87. The van der Waals surface area contributed by atoms with Crippen LogP contribution in [-0.4, -0.2) is 149 Å². The Hall–Kier alpha value is -1.05. The minimum Gasteiger partial charge on any atom is -0.467 e. The van der Waals surface area contributed by atoms with E-state index in [1.54, 1.807) is 0 Å². The second-order valence-corrected chi connectivity index (χ2v) is 7.87. The number of esters is 1. The number of hydrogen-bond donors (Lipinski definition) is 7. The zero-order chi connectivity index (χ0) is 24.4. The van der Waals surface area contributed by atoms with Crippen molar-refractivity contribution in [3.05, 3.63) is 0 Å². The van der Waals surface area contributed by atoms with E-state index in [0.29, 0.717) is 0 Å². The van der Waals surface area contributed by atoms with Crippen molar-refractivity contribution in [2.75, 3.05) is 27.4 Å². The Balaban J connectivity index is 1.76. The van der Waals surface area contributed by atoms with Gasteiger partial charge in [0.05, 0.1) is 20.3 Å². The van der Waals surface area contributed by atoms with Crippen molar-refractivity contribution < 1.29 is 73.7 Å². The minimum absolute atomic E-state index is 0.355. The number of rotatable bonds is 6. The summed E-state index contributed by atoms with van der Waals surface area (Å²) in [5.74, 6) is -0.926. The topological polar surface area (TPSA) is 223 Å². The molecule has 33 heavy (non-hydrogen) atoms. The van der Waals surface area contributed by atoms with Gasteiger partial charge >= 0.3 is 5.97 Å². The molecule has 0 aromatic carbocycles. The van der Waals surface area contributed by atoms with E-state index in [1.807, 2.05) is 0 Å². The molecule has 3 saturated heterocycles. The van der Waals surface area contributed by atoms with Gasteiger partial charge < -0.3 is 68.9 Å². The molecule has 0 amide bonds. The van der Waals surface area contributed by atoms with Gasteiger partial charge in [-0.1, -0.05) is 0 Å². The predicted molar refractivity (Wildman–Crippen MR) is 99.0 cm³/mol. The minimum atomic E-state index is -1.76. The summed E-state index contributed by atoms with van der Waals surface area (Å²) in [4.78, 5) is 12.1. The van der Waals surface area contributed by atoms with Gasteiger partial charge in [0, 0.05) is 7.11 Å². The maximum Gasteiger partial charge on any atom is 0.337 e. The molecule has 1 unspecified atom stereocenters. The molecule has 0 aromatic rings. The fourth-order valence-electron chi connectivity index (χ4n) is 3.77. The zero-order valence-electron chi connectivity index (χ0n) is 17.8. The number of carbonyl (C=O) groups is 1. The first-order chi connectivity index (χ1) is 15.6. The van der Waals surface area contributed by atoms with Crippen LogP contribution in [0, 0.1) is 0 Å². The van der Waals surface area contributed by atoms with Crippen molar-refractivity contribution in [1.29, 1.82) is 0 Å². The molecule has 0 aromatic heterocycles. The van der Waals surface area contributed by atoms with Crippen molar-refractivity contribution in [2.24, 2.45) is 0 Å². The number of aliphatic hydroxyl groups excluding tert-OH is 7. The summed E-state index contributed by atoms with van der Waals surface area (Å²) < 4.78 is 36.4. The van der Waals surface area contributed by atoms with Crippen molar-refractivity contribution >= 4 is 5.97 Å². The first-order valence-corrected chi connectivity index (χ1v) is 10.2. The van der Waals surface area contributed by atoms with Gasteiger partial charge in [0.15, 0.2) is 25.0 Å². The largest absolute Gasteiger partial charge is 0.467 e. The molecule has 15 nitrogen and oxygen atoms in total. The lowest BCUT2D eigenvalue weighted by atomic mass is 9.98. The summed E-state index contributed by atoms with van der Waals surface area (Å²) in [7, 11) is 2.26. The van der Waals surface area contributed by atoms with E-state index in [0.717, 1.165) is 7.11 Å². The molecule has 3 fully saturated rings. The highest BCUT2D eigenvalue weighted by molar-refractivity contribution is 5.75. The summed E-state index contributed by atoms with van der Waals surface area (Å²) >= 11 is 0. The normalized spacial score (nSPS) is 48.9. The number of hydrogen-bond acceptors (Lipinski definition) is 15. The third-order valence-corrected chi connectivity index (χ3v) is 5.73. The van der Waals surface area contributed by atoms with Crippen LogP contribution in [0.4, 0.5) is 0 Å². The van der Waals surface area contributed by atoms with Crippen LogP contribution in [0.2, 0.25) is 0 Å². The average molecular weight is 486 g/mol. The molecule has 3 aliphatic rings. The lowest BCUT2D eigenvalue weighted by molar-refractivity contribution is -0.368. The van der Waals surface area contributed by atoms with Crippen molar-refractivity contribution in [2.45, 2.75) is 79.9 Å². The van der Waals surface area contributed by atoms with Gasteiger partial charge in [-0.25, -0.2) is 4.79 Å². The van der Waals surface area contributed by atoms with E-state index >= 15 is 0 Å². The Morgan fingerprint density at radius 2 is 1.45 bits per heavy atom. The first kappa shape index (κ1) is 26.6. The molecular weight excluding hydrogens is 456 g/mol. The van der Waals surface area contributed by atoms with Gasteiger partial charge in [-0.3, -0.25) is 0 Å². The number of aliphatic hydroxyl groups is 7. The van der Waals surface area contributed by atoms with Crippen LogP contribution in [0.15, 0.2) is 0 Å². The Morgan fingerprint density at radius 1 is 0.758 bits per heavy atom. The van der Waals surface area contributed by atoms with E-state index in [2.05, 4.69) is 4.74 Å². The van der Waals surface area contributed by atoms with Crippen LogP contribution >= 0.6 is 0 Å². The van der Waals surface area contributed by atoms with E-state index in [4.69, 9.17) is 28.4 Å². The third-order valence-electron chi connectivity index (χ3n) is 5.73. The van der Waals surface area contributed by atoms with Crippen molar-refractivity contribution in [3.63, 3.8) is 0 Å². The summed E-state index contributed by atoms with van der Waals surface area (Å²) in [6, 6.07) is 0. The van der Waals surface area contributed by atoms with Crippen LogP contribution in [-0.2, 0) is 38.0 Å². The Kier molecular flexibility index (Phi) is 8.95. The van der Waals surface area contributed by atoms with Crippen molar-refractivity contribution in [1.82, 2.24) is 0 Å². The standard InChI is InChI=1S/C18H30O15/c1-27-12-9(22)11(24)17(33-14(12)16(26)28-2)32-13-7(20)5(19)3-30-18(13)31-6-4-29-15(25)10(23)8(6)21/h5-15,17-25H,3-4H2,1-2H3/t5-,6-,7+,8+,9-,10-,11-,12+,13-,14+,15?,17+,18+/m1/s1. The smallest absolute Gasteiger partial charge is 0.337 e. The van der Waals surface area contributed by atoms with Crippen molar-refractivity contribution in [3.8, 4) is 0 Å². The predicted octanol–water partition coefficient (Wildman–Crippen LogP) is -5.46. The van der Waals surface area contributed by atoms with Crippen LogP contribution in [0.3, 0.4) is 0 Å². The Morgan fingerprint density at radius 3 is 2.09 bits per heavy atom. The van der Waals surface area contributed by atoms with Crippen LogP contribution in [0.5, 0.6) is 0 Å². The Labute approximate surface area is 187 Å². The summed E-state index contributed by atoms with van der Waals surface area (Å²) in [6.07, 6.45) is -20.2. The molecule has 7 N–H and O–H groups in total. The van der Waals surface area contributed by atoms with Gasteiger partial charge in [0.2, 0.25) is 0 Å². The second kappa shape index (κ2) is 11.1. The SMILES string of the molecule is COC(=O)[C@H]1O[C@H](O[C@H]2[C@H](O[C@@H]3COC(O)[C@H](O)[C@H]3O)OC[C@@H](O)[C@@H]2O)[C@H](O)[C@@H](O)[C@@H]1OC. The summed E-state index contributed by atoms with van der Waals surface area (Å²) in [6.45, 7) is -0.750. The number of ether oxygens (including phenoxy) is 7. The average Bonchev–Trinajstić information content (AvgIpc) is 2.80. The van der Waals surface area contributed by atoms with E-state index in [-0.39, 0.29) is 6.61 Å². The lowest BCUT2D eigenvalue weighted by Crippen LogP contribution is -2.64. The lowest BCUT2D eigenvalue weighted by Gasteiger charge is -2.45. The molecule has 3 heterocycles. The van der Waals surface area contributed by atoms with Gasteiger partial charge in [-0.05, 0) is 0 Å². The number of methoxy groups -OCH3 is 2. The molecule has 13 atom stereocenters. The van der Waals surface area contributed by atoms with Crippen LogP contribution in [0.25, 0.3) is 0 Å². The van der Waals surface area contributed by atoms with E-state index in [9.17, 15) is 40.5 Å². The van der Waals surface area contributed by atoms with Gasteiger partial charge in [0.1, 0.15) is 54.9 Å². The highest BCUT2D eigenvalue weighted by Gasteiger charge is 2.52. The molecule has 3 aliphatic heterocycles. The number of carbonyl (C=O) groups excluding carboxylic acids is 1. The maximum absolute atomic E-state index is 12.1. The first-order valence-electron chi connectivity index (χ1n) is 10.2. The monoisotopic (exact) mass is 486 g/mol. The molecule has 15 heteroatoms. The molecule has 3 rings (SSSR count). The van der Waals surface area contributed by atoms with Gasteiger partial charge in [0.25, 0.3) is 0 Å². The molecule has 192 valence electrons. The maximum atomic E-state index is 12.1. The quantitative estimate of drug-likeness (QED) is 0.174. The summed E-state index contributed by atoms with van der Waals surface area (Å²) in [5, 5.41) is 70.6. The van der Waals surface area contributed by atoms with E-state index < -0.39 is 92.5 Å². The molecule has 0 bridgehead atoms. The third kappa shape index (κ3) is 5.46. The van der Waals surface area contributed by atoms with Gasteiger partial charge in [-0.2, -0.15) is 0 Å². The van der Waals surface area contributed by atoms with E-state index in [1.165, 1.54) is 7.11 Å².